The molecule has 0 saturated heterocycles. The van der Waals surface area contributed by atoms with Gasteiger partial charge in [0, 0.05) is 0 Å². The molecule has 0 unspecified atom stereocenters. The molecule has 0 bridgehead atoms. The maximum atomic E-state index is 13.2. The van der Waals surface area contributed by atoms with Crippen LogP contribution in [-0.4, -0.2) is 18.2 Å². The van der Waals surface area contributed by atoms with Gasteiger partial charge in [-0.1, -0.05) is 30.3 Å². The summed E-state index contributed by atoms with van der Waals surface area (Å²) in [7, 11) is 1.21. The third-order valence-corrected chi connectivity index (χ3v) is 2.96. The minimum atomic E-state index is -4.67. The minimum absolute atomic E-state index is 0.116. The van der Waals surface area contributed by atoms with Crippen molar-refractivity contribution >= 4 is 5.97 Å². The van der Waals surface area contributed by atoms with Crippen molar-refractivity contribution in [2.75, 3.05) is 7.11 Å². The normalized spacial score (nSPS) is 11.2. The van der Waals surface area contributed by atoms with Gasteiger partial charge in [-0.3, -0.25) is 0 Å². The molecule has 0 saturated carbocycles. The van der Waals surface area contributed by atoms with Crippen LogP contribution in [0.4, 0.5) is 13.2 Å². The Hall–Kier alpha value is -2.50. The van der Waals surface area contributed by atoms with Crippen LogP contribution < -0.4 is 4.74 Å². The Morgan fingerprint density at radius 3 is 2.24 bits per heavy atom. The molecular formula is C15H11F3O3. The molecule has 110 valence electrons. The number of ether oxygens (including phenoxy) is 1. The quantitative estimate of drug-likeness (QED) is 0.928. The highest BCUT2D eigenvalue weighted by Crippen LogP contribution is 2.40. The maximum Gasteiger partial charge on any atom is 0.417 e. The van der Waals surface area contributed by atoms with Crippen LogP contribution in [0.3, 0.4) is 0 Å². The number of carboxylic acid groups (broad SMARTS) is 1. The molecule has 2 rings (SSSR count). The second-order valence-corrected chi connectivity index (χ2v) is 4.27. The molecule has 3 nitrogen and oxygen atoms in total. The van der Waals surface area contributed by atoms with Gasteiger partial charge < -0.3 is 9.84 Å². The third kappa shape index (κ3) is 2.99. The molecule has 0 aliphatic carbocycles. The number of hydrogen-bond acceptors (Lipinski definition) is 2. The van der Waals surface area contributed by atoms with E-state index in [1.54, 1.807) is 18.2 Å². The summed E-state index contributed by atoms with van der Waals surface area (Å²) >= 11 is 0. The Bertz CT molecular complexity index is 664. The molecule has 6 heteroatoms. The van der Waals surface area contributed by atoms with Crippen LogP contribution in [0.2, 0.25) is 0 Å². The Morgan fingerprint density at radius 2 is 1.76 bits per heavy atom. The Balaban J connectivity index is 2.77. The number of methoxy groups -OCH3 is 1. The van der Waals surface area contributed by atoms with E-state index in [1.165, 1.54) is 19.2 Å². The van der Waals surface area contributed by atoms with Crippen LogP contribution in [0.5, 0.6) is 5.75 Å². The number of aromatic carboxylic acids is 1. The smallest absolute Gasteiger partial charge is 0.417 e. The zero-order valence-electron chi connectivity index (χ0n) is 10.9. The Kier molecular flexibility index (Phi) is 3.88. The molecule has 2 aromatic carbocycles. The lowest BCUT2D eigenvalue weighted by Gasteiger charge is -2.16. The highest BCUT2D eigenvalue weighted by atomic mass is 19.4. The number of halogens is 3. The number of carbonyl (C=O) groups is 1. The molecule has 1 N–H and O–H groups in total. The molecule has 0 amide bonds. The van der Waals surface area contributed by atoms with Gasteiger partial charge in [0.05, 0.1) is 12.7 Å². The van der Waals surface area contributed by atoms with Crippen LogP contribution >= 0.6 is 0 Å². The van der Waals surface area contributed by atoms with Gasteiger partial charge in [0.15, 0.2) is 0 Å². The zero-order chi connectivity index (χ0) is 15.6. The third-order valence-electron chi connectivity index (χ3n) is 2.96. The van der Waals surface area contributed by atoms with E-state index in [4.69, 9.17) is 9.84 Å². The van der Waals surface area contributed by atoms with E-state index in [2.05, 4.69) is 0 Å². The molecule has 0 fully saturated rings. The average molecular weight is 296 g/mol. The van der Waals surface area contributed by atoms with Crippen LogP contribution in [0, 0.1) is 0 Å². The Labute approximate surface area is 118 Å². The number of carboxylic acids is 1. The molecule has 0 heterocycles. The molecule has 0 atom stereocenters. The molecule has 0 radical (unpaired) electrons. The molecule has 21 heavy (non-hydrogen) atoms. The lowest BCUT2D eigenvalue weighted by Crippen LogP contribution is -2.11. The van der Waals surface area contributed by atoms with E-state index in [9.17, 15) is 18.0 Å². The van der Waals surface area contributed by atoms with E-state index in [0.29, 0.717) is 11.6 Å². The highest BCUT2D eigenvalue weighted by Gasteiger charge is 2.35. The van der Waals surface area contributed by atoms with Crippen molar-refractivity contribution in [1.29, 1.82) is 0 Å². The minimum Gasteiger partial charge on any atom is -0.496 e. The summed E-state index contributed by atoms with van der Waals surface area (Å²) < 4.78 is 44.4. The van der Waals surface area contributed by atoms with Gasteiger partial charge in [-0.15, -0.1) is 0 Å². The lowest BCUT2D eigenvalue weighted by molar-refractivity contribution is -0.137. The largest absolute Gasteiger partial charge is 0.496 e. The summed E-state index contributed by atoms with van der Waals surface area (Å²) in [5.74, 6) is -1.59. The molecule has 2 aromatic rings. The monoisotopic (exact) mass is 296 g/mol. The first-order valence-corrected chi connectivity index (χ1v) is 5.92. The van der Waals surface area contributed by atoms with Gasteiger partial charge in [0.25, 0.3) is 0 Å². The SMILES string of the molecule is COc1cc(-c2ccccc2)c(C(F)(F)F)cc1C(=O)O. The van der Waals surface area contributed by atoms with Gasteiger partial charge in [-0.25, -0.2) is 4.79 Å². The number of alkyl halides is 3. The average Bonchev–Trinajstić information content (AvgIpc) is 2.45. The van der Waals surface area contributed by atoms with Gasteiger partial charge in [-0.2, -0.15) is 13.2 Å². The maximum absolute atomic E-state index is 13.2. The van der Waals surface area contributed by atoms with E-state index in [-0.39, 0.29) is 11.3 Å². The van der Waals surface area contributed by atoms with E-state index in [0.717, 1.165) is 6.07 Å². The van der Waals surface area contributed by atoms with Crippen LogP contribution in [0.15, 0.2) is 42.5 Å². The second-order valence-electron chi connectivity index (χ2n) is 4.27. The number of benzene rings is 2. The summed E-state index contributed by atoms with van der Waals surface area (Å²) in [6.07, 6.45) is -4.67. The highest BCUT2D eigenvalue weighted by molar-refractivity contribution is 5.92. The van der Waals surface area contributed by atoms with Crippen LogP contribution in [0.1, 0.15) is 15.9 Å². The lowest BCUT2D eigenvalue weighted by atomic mass is 9.96. The Morgan fingerprint density at radius 1 is 1.14 bits per heavy atom. The molecule has 0 aromatic heterocycles. The van der Waals surface area contributed by atoms with Gasteiger partial charge >= 0.3 is 12.1 Å². The van der Waals surface area contributed by atoms with Gasteiger partial charge in [-0.05, 0) is 23.3 Å². The van der Waals surface area contributed by atoms with Crippen molar-refractivity contribution in [3.05, 3.63) is 53.6 Å². The van der Waals surface area contributed by atoms with Crippen molar-refractivity contribution in [2.45, 2.75) is 6.18 Å². The van der Waals surface area contributed by atoms with Crippen molar-refractivity contribution in [2.24, 2.45) is 0 Å². The van der Waals surface area contributed by atoms with Gasteiger partial charge in [0.1, 0.15) is 11.3 Å². The molecule has 0 spiro atoms. The fourth-order valence-electron chi connectivity index (χ4n) is 2.01. The predicted molar refractivity (Wildman–Crippen MR) is 70.4 cm³/mol. The summed E-state index contributed by atoms with van der Waals surface area (Å²) in [6, 6.07) is 9.62. The van der Waals surface area contributed by atoms with Crippen molar-refractivity contribution < 1.29 is 27.8 Å². The van der Waals surface area contributed by atoms with E-state index < -0.39 is 23.3 Å². The number of hydrogen-bond donors (Lipinski definition) is 1. The molecule has 0 aliphatic rings. The first-order chi connectivity index (χ1) is 9.84. The van der Waals surface area contributed by atoms with Crippen LogP contribution in [-0.2, 0) is 6.18 Å². The fourth-order valence-corrected chi connectivity index (χ4v) is 2.01. The summed E-state index contributed by atoms with van der Waals surface area (Å²) in [4.78, 5) is 11.1. The standard InChI is InChI=1S/C15H11F3O3/c1-21-13-8-10(9-5-3-2-4-6-9)12(15(16,17)18)7-11(13)14(19)20/h2-8H,1H3,(H,19,20). The molecular weight excluding hydrogens is 285 g/mol. The number of rotatable bonds is 3. The summed E-state index contributed by atoms with van der Waals surface area (Å²) in [6.45, 7) is 0. The van der Waals surface area contributed by atoms with Crippen molar-refractivity contribution in [3.8, 4) is 16.9 Å². The zero-order valence-corrected chi connectivity index (χ0v) is 10.9. The molecule has 0 aliphatic heterocycles. The summed E-state index contributed by atoms with van der Waals surface area (Å²) in [5, 5.41) is 9.00. The topological polar surface area (TPSA) is 46.5 Å². The van der Waals surface area contributed by atoms with Crippen molar-refractivity contribution in [1.82, 2.24) is 0 Å². The fraction of sp³-hybridized carbons (Fsp3) is 0.133. The second kappa shape index (κ2) is 5.47. The first kappa shape index (κ1) is 14.9. The van der Waals surface area contributed by atoms with E-state index >= 15 is 0 Å². The van der Waals surface area contributed by atoms with Crippen molar-refractivity contribution in [3.63, 3.8) is 0 Å². The predicted octanol–water partition coefficient (Wildman–Crippen LogP) is 4.08. The van der Waals surface area contributed by atoms with Crippen LogP contribution in [0.25, 0.3) is 11.1 Å². The van der Waals surface area contributed by atoms with Gasteiger partial charge in [0.2, 0.25) is 0 Å². The first-order valence-electron chi connectivity index (χ1n) is 5.92. The van der Waals surface area contributed by atoms with E-state index in [1.807, 2.05) is 0 Å². The summed E-state index contributed by atoms with van der Waals surface area (Å²) in [5.41, 5.74) is -1.32.